The Balaban J connectivity index is 1.45. The Labute approximate surface area is 201 Å². The minimum atomic E-state index is -0.284. The first-order chi connectivity index (χ1) is 17.0. The van der Waals surface area contributed by atoms with Crippen LogP contribution < -0.4 is 5.56 Å². The van der Waals surface area contributed by atoms with Crippen molar-refractivity contribution in [2.24, 2.45) is 0 Å². The summed E-state index contributed by atoms with van der Waals surface area (Å²) in [5.41, 5.74) is 4.41. The summed E-state index contributed by atoms with van der Waals surface area (Å²) < 4.78 is 15.2. The van der Waals surface area contributed by atoms with Gasteiger partial charge in [-0.2, -0.15) is 0 Å². The second-order valence-corrected chi connectivity index (χ2v) is 8.67. The molecule has 0 bridgehead atoms. The van der Waals surface area contributed by atoms with Crippen molar-refractivity contribution in [2.45, 2.75) is 33.1 Å². The molecule has 35 heavy (non-hydrogen) atoms. The van der Waals surface area contributed by atoms with E-state index in [-0.39, 0.29) is 11.4 Å². The highest BCUT2D eigenvalue weighted by molar-refractivity contribution is 5.81. The van der Waals surface area contributed by atoms with Gasteiger partial charge in [0.1, 0.15) is 5.82 Å². The molecule has 0 spiro atoms. The molecule has 0 amide bonds. The normalized spacial score (nSPS) is 11.4. The number of tetrazole rings is 1. The zero-order chi connectivity index (χ0) is 24.2. The Morgan fingerprint density at radius 1 is 0.914 bits per heavy atom. The van der Waals surface area contributed by atoms with Gasteiger partial charge in [0, 0.05) is 18.7 Å². The number of aromatic amines is 1. The van der Waals surface area contributed by atoms with Gasteiger partial charge in [-0.3, -0.25) is 9.69 Å². The van der Waals surface area contributed by atoms with Crippen LogP contribution in [0.25, 0.3) is 10.9 Å². The summed E-state index contributed by atoms with van der Waals surface area (Å²) in [6.45, 7) is 3.83. The van der Waals surface area contributed by atoms with Gasteiger partial charge in [-0.1, -0.05) is 60.7 Å². The molecule has 0 saturated heterocycles. The lowest BCUT2D eigenvalue weighted by molar-refractivity contribution is 0.236. The van der Waals surface area contributed by atoms with E-state index < -0.39 is 0 Å². The van der Waals surface area contributed by atoms with Crippen LogP contribution in [0.3, 0.4) is 0 Å². The standard InChI is InChI=1S/C27H25FN6O/c1-19-6-5-9-22-14-23(27(35)29-26(19)22)17-33(15-21-10-12-24(28)13-11-21)18-25-30-31-32-34(25)16-20-7-3-2-4-8-20/h2-14H,15-18H2,1H3,(H,29,35). The maximum absolute atomic E-state index is 13.5. The average Bonchev–Trinajstić information content (AvgIpc) is 3.28. The number of rotatable bonds is 8. The summed E-state index contributed by atoms with van der Waals surface area (Å²) in [5.74, 6) is 0.400. The molecule has 0 atom stereocenters. The van der Waals surface area contributed by atoms with Crippen LogP contribution in [0.15, 0.2) is 83.7 Å². The predicted octanol–water partition coefficient (Wildman–Crippen LogP) is 4.21. The number of aromatic nitrogens is 5. The van der Waals surface area contributed by atoms with Gasteiger partial charge in [0.25, 0.3) is 5.56 Å². The molecule has 5 aromatic rings. The first kappa shape index (κ1) is 22.6. The van der Waals surface area contributed by atoms with E-state index in [0.29, 0.717) is 37.6 Å². The lowest BCUT2D eigenvalue weighted by Gasteiger charge is -2.22. The Morgan fingerprint density at radius 2 is 1.71 bits per heavy atom. The van der Waals surface area contributed by atoms with Crippen molar-refractivity contribution in [1.29, 1.82) is 0 Å². The van der Waals surface area contributed by atoms with Gasteiger partial charge >= 0.3 is 0 Å². The van der Waals surface area contributed by atoms with E-state index in [1.807, 2.05) is 61.5 Å². The molecule has 3 aromatic carbocycles. The van der Waals surface area contributed by atoms with Crippen molar-refractivity contribution < 1.29 is 4.39 Å². The zero-order valence-electron chi connectivity index (χ0n) is 19.4. The fourth-order valence-electron chi connectivity index (χ4n) is 4.22. The second-order valence-electron chi connectivity index (χ2n) is 8.67. The summed E-state index contributed by atoms with van der Waals surface area (Å²) in [5, 5.41) is 13.3. The van der Waals surface area contributed by atoms with E-state index in [9.17, 15) is 9.18 Å². The molecule has 0 aliphatic heterocycles. The molecule has 0 fully saturated rings. The molecule has 1 N–H and O–H groups in total. The zero-order valence-corrected chi connectivity index (χ0v) is 19.4. The number of nitrogens with one attached hydrogen (secondary N) is 1. The number of fused-ring (bicyclic) bond motifs is 1. The largest absolute Gasteiger partial charge is 0.321 e. The number of nitrogens with zero attached hydrogens (tertiary/aromatic N) is 5. The van der Waals surface area contributed by atoms with E-state index in [4.69, 9.17) is 0 Å². The summed E-state index contributed by atoms with van der Waals surface area (Å²) in [7, 11) is 0. The van der Waals surface area contributed by atoms with E-state index in [1.54, 1.807) is 16.8 Å². The van der Waals surface area contributed by atoms with E-state index in [2.05, 4.69) is 25.4 Å². The third kappa shape index (κ3) is 5.33. The molecule has 0 radical (unpaired) electrons. The van der Waals surface area contributed by atoms with Gasteiger partial charge in [0.05, 0.1) is 18.6 Å². The van der Waals surface area contributed by atoms with Crippen LogP contribution in [-0.4, -0.2) is 30.1 Å². The monoisotopic (exact) mass is 468 g/mol. The average molecular weight is 469 g/mol. The Bertz CT molecular complexity index is 1490. The van der Waals surface area contributed by atoms with Crippen molar-refractivity contribution >= 4 is 10.9 Å². The topological polar surface area (TPSA) is 79.7 Å². The molecule has 0 aliphatic carbocycles. The number of hydrogen-bond donors (Lipinski definition) is 1. The van der Waals surface area contributed by atoms with Crippen LogP contribution in [0.2, 0.25) is 0 Å². The maximum Gasteiger partial charge on any atom is 0.252 e. The number of hydrogen-bond acceptors (Lipinski definition) is 5. The highest BCUT2D eigenvalue weighted by Crippen LogP contribution is 2.18. The van der Waals surface area contributed by atoms with Crippen molar-refractivity contribution in [3.8, 4) is 0 Å². The third-order valence-electron chi connectivity index (χ3n) is 6.02. The molecule has 0 saturated carbocycles. The van der Waals surface area contributed by atoms with Crippen LogP contribution in [-0.2, 0) is 26.2 Å². The molecule has 0 aliphatic rings. The summed E-state index contributed by atoms with van der Waals surface area (Å²) in [4.78, 5) is 18.1. The summed E-state index contributed by atoms with van der Waals surface area (Å²) in [6, 6.07) is 24.3. The van der Waals surface area contributed by atoms with Crippen molar-refractivity contribution in [3.63, 3.8) is 0 Å². The lowest BCUT2D eigenvalue weighted by atomic mass is 10.1. The van der Waals surface area contributed by atoms with E-state index in [1.165, 1.54) is 12.1 Å². The number of benzene rings is 3. The van der Waals surface area contributed by atoms with Crippen LogP contribution in [0.5, 0.6) is 0 Å². The van der Waals surface area contributed by atoms with Crippen molar-refractivity contribution in [1.82, 2.24) is 30.1 Å². The van der Waals surface area contributed by atoms with Gasteiger partial charge in [0.15, 0.2) is 5.82 Å². The number of aryl methyl sites for hydroxylation is 1. The minimum absolute atomic E-state index is 0.125. The third-order valence-corrected chi connectivity index (χ3v) is 6.02. The smallest absolute Gasteiger partial charge is 0.252 e. The number of para-hydroxylation sites is 1. The van der Waals surface area contributed by atoms with Gasteiger partial charge in [-0.05, 0) is 57.6 Å². The molecule has 5 rings (SSSR count). The van der Waals surface area contributed by atoms with Gasteiger partial charge in [0.2, 0.25) is 0 Å². The molecule has 8 heteroatoms. The van der Waals surface area contributed by atoms with Crippen molar-refractivity contribution in [2.75, 3.05) is 0 Å². The Morgan fingerprint density at radius 3 is 2.51 bits per heavy atom. The lowest BCUT2D eigenvalue weighted by Crippen LogP contribution is -2.28. The first-order valence-electron chi connectivity index (χ1n) is 11.4. The summed E-state index contributed by atoms with van der Waals surface area (Å²) in [6.07, 6.45) is 0. The van der Waals surface area contributed by atoms with Crippen LogP contribution in [0, 0.1) is 12.7 Å². The second kappa shape index (κ2) is 9.99. The molecule has 0 unspecified atom stereocenters. The van der Waals surface area contributed by atoms with Crippen LogP contribution in [0.4, 0.5) is 4.39 Å². The van der Waals surface area contributed by atoms with Gasteiger partial charge in [-0.25, -0.2) is 9.07 Å². The highest BCUT2D eigenvalue weighted by Gasteiger charge is 2.16. The SMILES string of the molecule is Cc1cccc2cc(CN(Cc3ccc(F)cc3)Cc3nnnn3Cc3ccccc3)c(=O)[nH]c12. The number of H-pyrrole nitrogens is 1. The Kier molecular flexibility index (Phi) is 6.45. The number of halogens is 1. The van der Waals surface area contributed by atoms with E-state index in [0.717, 1.165) is 27.6 Å². The van der Waals surface area contributed by atoms with Crippen molar-refractivity contribution in [3.05, 3.63) is 123 Å². The highest BCUT2D eigenvalue weighted by atomic mass is 19.1. The van der Waals surface area contributed by atoms with Crippen LogP contribution >= 0.6 is 0 Å². The minimum Gasteiger partial charge on any atom is -0.321 e. The molecular formula is C27H25FN6O. The summed E-state index contributed by atoms with van der Waals surface area (Å²) >= 11 is 0. The molecule has 2 heterocycles. The predicted molar refractivity (Wildman–Crippen MR) is 132 cm³/mol. The van der Waals surface area contributed by atoms with Gasteiger partial charge < -0.3 is 4.98 Å². The molecule has 7 nitrogen and oxygen atoms in total. The molecule has 176 valence electrons. The number of pyridine rings is 1. The quantitative estimate of drug-likeness (QED) is 0.369. The van der Waals surface area contributed by atoms with Crippen LogP contribution in [0.1, 0.15) is 28.1 Å². The fraction of sp³-hybridized carbons (Fsp3) is 0.185. The maximum atomic E-state index is 13.5. The molecule has 2 aromatic heterocycles. The van der Waals surface area contributed by atoms with E-state index >= 15 is 0 Å². The molecular weight excluding hydrogens is 443 g/mol. The Hall–Kier alpha value is -4.17. The first-order valence-corrected chi connectivity index (χ1v) is 11.4. The van der Waals surface area contributed by atoms with Gasteiger partial charge in [-0.15, -0.1) is 5.10 Å². The fourth-order valence-corrected chi connectivity index (χ4v) is 4.22.